The lowest BCUT2D eigenvalue weighted by Gasteiger charge is -2.07. The third kappa shape index (κ3) is 4.77. The summed E-state index contributed by atoms with van der Waals surface area (Å²) in [4.78, 5) is 0. The number of aryl methyl sites for hydroxylation is 1. The third-order valence-corrected chi connectivity index (χ3v) is 2.20. The van der Waals surface area contributed by atoms with E-state index in [-0.39, 0.29) is 6.29 Å². The van der Waals surface area contributed by atoms with E-state index in [4.69, 9.17) is 9.47 Å². The zero-order valence-electron chi connectivity index (χ0n) is 9.35. The van der Waals surface area contributed by atoms with E-state index in [1.54, 1.807) is 14.2 Å². The summed E-state index contributed by atoms with van der Waals surface area (Å²) < 4.78 is 10.1. The van der Waals surface area contributed by atoms with E-state index in [1.165, 1.54) is 5.56 Å². The number of hydrogen-bond acceptors (Lipinski definition) is 2. The highest BCUT2D eigenvalue weighted by Crippen LogP contribution is 2.03. The number of allylic oxidation sites excluding steroid dienone is 1. The van der Waals surface area contributed by atoms with Crippen molar-refractivity contribution in [2.24, 2.45) is 0 Å². The number of rotatable bonds is 6. The number of benzene rings is 1. The van der Waals surface area contributed by atoms with Gasteiger partial charge in [-0.25, -0.2) is 0 Å². The Bertz CT molecular complexity index is 276. The first-order chi connectivity index (χ1) is 7.36. The Morgan fingerprint density at radius 2 is 1.80 bits per heavy atom. The lowest BCUT2D eigenvalue weighted by molar-refractivity contribution is -0.0667. The molecule has 1 aromatic rings. The van der Waals surface area contributed by atoms with E-state index in [0.29, 0.717) is 0 Å². The Morgan fingerprint density at radius 3 is 2.40 bits per heavy atom. The van der Waals surface area contributed by atoms with Crippen LogP contribution in [-0.2, 0) is 15.9 Å². The van der Waals surface area contributed by atoms with Crippen LogP contribution in [0, 0.1) is 0 Å². The van der Waals surface area contributed by atoms with Crippen LogP contribution in [0.1, 0.15) is 12.0 Å². The summed E-state index contributed by atoms with van der Waals surface area (Å²) in [6.07, 6.45) is 5.86. The molecule has 0 aliphatic carbocycles. The van der Waals surface area contributed by atoms with Gasteiger partial charge in [0.05, 0.1) is 0 Å². The number of ether oxygens (including phenoxy) is 2. The highest BCUT2D eigenvalue weighted by Gasteiger charge is 1.96. The molecule has 1 rings (SSSR count). The summed E-state index contributed by atoms with van der Waals surface area (Å²) in [5, 5.41) is 0. The minimum absolute atomic E-state index is 0.222. The normalized spacial score (nSPS) is 11.4. The molecule has 0 radical (unpaired) electrons. The van der Waals surface area contributed by atoms with E-state index < -0.39 is 0 Å². The fourth-order valence-corrected chi connectivity index (χ4v) is 1.36. The van der Waals surface area contributed by atoms with E-state index in [1.807, 2.05) is 12.1 Å². The fourth-order valence-electron chi connectivity index (χ4n) is 1.36. The van der Waals surface area contributed by atoms with Gasteiger partial charge in [0.2, 0.25) is 0 Å². The Hall–Kier alpha value is -1.12. The van der Waals surface area contributed by atoms with E-state index in [2.05, 4.69) is 30.3 Å². The van der Waals surface area contributed by atoms with Crippen LogP contribution < -0.4 is 0 Å². The first-order valence-corrected chi connectivity index (χ1v) is 5.13. The van der Waals surface area contributed by atoms with Crippen molar-refractivity contribution < 1.29 is 9.47 Å². The summed E-state index contributed by atoms with van der Waals surface area (Å²) >= 11 is 0. The van der Waals surface area contributed by atoms with Gasteiger partial charge < -0.3 is 9.47 Å². The van der Waals surface area contributed by atoms with Crippen LogP contribution in [0.2, 0.25) is 0 Å². The molecule has 0 N–H and O–H groups in total. The van der Waals surface area contributed by atoms with Gasteiger partial charge in [0, 0.05) is 14.2 Å². The van der Waals surface area contributed by atoms with Crippen molar-refractivity contribution in [3.63, 3.8) is 0 Å². The number of methoxy groups -OCH3 is 2. The summed E-state index contributed by atoms with van der Waals surface area (Å²) in [7, 11) is 3.27. The van der Waals surface area contributed by atoms with Gasteiger partial charge in [-0.15, -0.1) is 0 Å². The maximum absolute atomic E-state index is 5.04. The molecule has 0 heterocycles. The molecule has 0 saturated heterocycles. The van der Waals surface area contributed by atoms with Crippen molar-refractivity contribution in [1.29, 1.82) is 0 Å². The van der Waals surface area contributed by atoms with E-state index >= 15 is 0 Å². The van der Waals surface area contributed by atoms with Crippen LogP contribution in [0.5, 0.6) is 0 Å². The minimum atomic E-state index is -0.222. The molecule has 0 fully saturated rings. The SMILES string of the molecule is COC(/C=C\CCc1ccccc1)OC. The van der Waals surface area contributed by atoms with Crippen molar-refractivity contribution >= 4 is 0 Å². The monoisotopic (exact) mass is 206 g/mol. The third-order valence-electron chi connectivity index (χ3n) is 2.20. The van der Waals surface area contributed by atoms with E-state index in [0.717, 1.165) is 12.8 Å². The van der Waals surface area contributed by atoms with E-state index in [9.17, 15) is 0 Å². The zero-order chi connectivity index (χ0) is 10.9. The molecule has 0 unspecified atom stereocenters. The van der Waals surface area contributed by atoms with Gasteiger partial charge in [0.25, 0.3) is 0 Å². The molecule has 82 valence electrons. The van der Waals surface area contributed by atoms with Crippen molar-refractivity contribution in [3.05, 3.63) is 48.0 Å². The second-order valence-corrected chi connectivity index (χ2v) is 3.29. The predicted molar refractivity (Wildman–Crippen MR) is 61.7 cm³/mol. The van der Waals surface area contributed by atoms with Crippen molar-refractivity contribution in [2.45, 2.75) is 19.1 Å². The molecular formula is C13H18O2. The molecule has 0 aliphatic rings. The van der Waals surface area contributed by atoms with Crippen LogP contribution in [0.15, 0.2) is 42.5 Å². The Labute approximate surface area is 91.5 Å². The van der Waals surface area contributed by atoms with Gasteiger partial charge >= 0.3 is 0 Å². The number of hydrogen-bond donors (Lipinski definition) is 0. The first kappa shape index (κ1) is 12.0. The Kier molecular flexibility index (Phi) is 5.74. The summed E-state index contributed by atoms with van der Waals surface area (Å²) in [5.74, 6) is 0. The summed E-state index contributed by atoms with van der Waals surface area (Å²) in [6, 6.07) is 10.4. The molecular weight excluding hydrogens is 188 g/mol. The molecule has 15 heavy (non-hydrogen) atoms. The van der Waals surface area contributed by atoms with Gasteiger partial charge in [-0.3, -0.25) is 0 Å². The largest absolute Gasteiger partial charge is 0.352 e. The second kappa shape index (κ2) is 7.21. The molecule has 0 amide bonds. The molecule has 2 heteroatoms. The standard InChI is InChI=1S/C13H18O2/c1-14-13(15-2)11-7-6-10-12-8-4-3-5-9-12/h3-5,7-9,11,13H,6,10H2,1-2H3/b11-7-. The van der Waals surface area contributed by atoms with Crippen LogP contribution >= 0.6 is 0 Å². The maximum Gasteiger partial charge on any atom is 0.176 e. The predicted octanol–water partition coefficient (Wildman–Crippen LogP) is 2.79. The fraction of sp³-hybridized carbons (Fsp3) is 0.385. The van der Waals surface area contributed by atoms with Gasteiger partial charge in [-0.05, 0) is 24.5 Å². The molecule has 0 saturated carbocycles. The molecule has 0 bridgehead atoms. The summed E-state index contributed by atoms with van der Waals surface area (Å²) in [6.45, 7) is 0. The van der Waals surface area contributed by atoms with Crippen LogP contribution in [0.3, 0.4) is 0 Å². The van der Waals surface area contributed by atoms with Gasteiger partial charge in [-0.2, -0.15) is 0 Å². The molecule has 0 aromatic heterocycles. The van der Waals surface area contributed by atoms with Crippen LogP contribution in [0.4, 0.5) is 0 Å². The van der Waals surface area contributed by atoms with Gasteiger partial charge in [-0.1, -0.05) is 36.4 Å². The van der Waals surface area contributed by atoms with Gasteiger partial charge in [0.15, 0.2) is 6.29 Å². The Morgan fingerprint density at radius 1 is 1.13 bits per heavy atom. The lowest BCUT2D eigenvalue weighted by Crippen LogP contribution is -2.08. The second-order valence-electron chi connectivity index (χ2n) is 3.29. The average molecular weight is 206 g/mol. The Balaban J connectivity index is 2.27. The highest BCUT2D eigenvalue weighted by atomic mass is 16.7. The average Bonchev–Trinajstić information content (AvgIpc) is 2.31. The molecule has 2 nitrogen and oxygen atoms in total. The highest BCUT2D eigenvalue weighted by molar-refractivity contribution is 5.15. The molecule has 0 spiro atoms. The molecule has 0 atom stereocenters. The van der Waals surface area contributed by atoms with Crippen molar-refractivity contribution in [2.75, 3.05) is 14.2 Å². The maximum atomic E-state index is 5.04. The smallest absolute Gasteiger partial charge is 0.176 e. The summed E-state index contributed by atoms with van der Waals surface area (Å²) in [5.41, 5.74) is 1.36. The minimum Gasteiger partial charge on any atom is -0.352 e. The lowest BCUT2D eigenvalue weighted by atomic mass is 10.1. The molecule has 0 aliphatic heterocycles. The van der Waals surface area contributed by atoms with Crippen molar-refractivity contribution in [1.82, 2.24) is 0 Å². The van der Waals surface area contributed by atoms with Gasteiger partial charge in [0.1, 0.15) is 0 Å². The van der Waals surface area contributed by atoms with Crippen LogP contribution in [-0.4, -0.2) is 20.5 Å². The quantitative estimate of drug-likeness (QED) is 0.526. The molecule has 1 aromatic carbocycles. The topological polar surface area (TPSA) is 18.5 Å². The first-order valence-electron chi connectivity index (χ1n) is 5.13. The van der Waals surface area contributed by atoms with Crippen LogP contribution in [0.25, 0.3) is 0 Å². The van der Waals surface area contributed by atoms with Crippen molar-refractivity contribution in [3.8, 4) is 0 Å². The zero-order valence-corrected chi connectivity index (χ0v) is 9.35.